The summed E-state index contributed by atoms with van der Waals surface area (Å²) in [6.45, 7) is 7.27. The van der Waals surface area contributed by atoms with E-state index >= 15 is 0 Å². The lowest BCUT2D eigenvalue weighted by molar-refractivity contribution is -0.136. The van der Waals surface area contributed by atoms with Crippen molar-refractivity contribution in [2.45, 2.75) is 19.9 Å². The van der Waals surface area contributed by atoms with E-state index in [1.165, 1.54) is 0 Å². The number of nitrogens with zero attached hydrogens (tertiary/aromatic N) is 1. The minimum Gasteiger partial charge on any atom is -0.379 e. The minimum absolute atomic E-state index is 0.0394. The van der Waals surface area contributed by atoms with E-state index in [-0.39, 0.29) is 6.04 Å². The highest BCUT2D eigenvalue weighted by atomic mass is 32.1. The van der Waals surface area contributed by atoms with Crippen LogP contribution in [0.15, 0.2) is 35.0 Å². The first-order valence-corrected chi connectivity index (χ1v) is 10.00. The van der Waals surface area contributed by atoms with Gasteiger partial charge in [-0.2, -0.15) is 11.3 Å². The molecule has 2 N–H and O–H groups in total. The Morgan fingerprint density at radius 3 is 2.67 bits per heavy atom. The van der Waals surface area contributed by atoms with Gasteiger partial charge < -0.3 is 15.4 Å². The van der Waals surface area contributed by atoms with Gasteiger partial charge in [0.1, 0.15) is 0 Å². The summed E-state index contributed by atoms with van der Waals surface area (Å²) in [5.41, 5.74) is 3.84. The van der Waals surface area contributed by atoms with E-state index < -0.39 is 11.8 Å². The second-order valence-electron chi connectivity index (χ2n) is 6.63. The molecular formula is C20H25N3O3S. The molecule has 1 aliphatic rings. The van der Waals surface area contributed by atoms with Crippen LogP contribution in [0.4, 0.5) is 5.69 Å². The van der Waals surface area contributed by atoms with Gasteiger partial charge in [-0.1, -0.05) is 12.1 Å². The predicted octanol–water partition coefficient (Wildman–Crippen LogP) is 2.49. The highest BCUT2D eigenvalue weighted by molar-refractivity contribution is 7.08. The van der Waals surface area contributed by atoms with Crippen molar-refractivity contribution in [1.29, 1.82) is 0 Å². The van der Waals surface area contributed by atoms with E-state index in [0.717, 1.165) is 29.8 Å². The summed E-state index contributed by atoms with van der Waals surface area (Å²) in [5, 5.41) is 9.61. The molecule has 6 nitrogen and oxygen atoms in total. The van der Waals surface area contributed by atoms with Gasteiger partial charge in [-0.15, -0.1) is 0 Å². The average Bonchev–Trinajstić information content (AvgIpc) is 3.20. The SMILES string of the molecule is Cc1cccc(NC(=O)C(=O)NCC(c2ccsc2)N2CCOCC2)c1C. The summed E-state index contributed by atoms with van der Waals surface area (Å²) < 4.78 is 5.43. The Morgan fingerprint density at radius 2 is 1.96 bits per heavy atom. The molecule has 2 aromatic rings. The van der Waals surface area contributed by atoms with Gasteiger partial charge in [-0.25, -0.2) is 0 Å². The lowest BCUT2D eigenvalue weighted by Gasteiger charge is -2.34. The normalized spacial score (nSPS) is 15.9. The number of carbonyl (C=O) groups excluding carboxylic acids is 2. The van der Waals surface area contributed by atoms with Crippen LogP contribution in [0.25, 0.3) is 0 Å². The number of aryl methyl sites for hydroxylation is 1. The van der Waals surface area contributed by atoms with Crippen molar-refractivity contribution in [3.05, 3.63) is 51.7 Å². The highest BCUT2D eigenvalue weighted by Gasteiger charge is 2.25. The molecule has 1 unspecified atom stereocenters. The lowest BCUT2D eigenvalue weighted by Crippen LogP contribution is -2.45. The van der Waals surface area contributed by atoms with Crippen LogP contribution >= 0.6 is 11.3 Å². The van der Waals surface area contributed by atoms with Gasteiger partial charge in [-0.05, 0) is 53.4 Å². The summed E-state index contributed by atoms with van der Waals surface area (Å²) in [5.74, 6) is -1.26. The van der Waals surface area contributed by atoms with E-state index in [2.05, 4.69) is 27.0 Å². The molecule has 0 aliphatic carbocycles. The number of hydrogen-bond donors (Lipinski definition) is 2. The largest absolute Gasteiger partial charge is 0.379 e. The minimum atomic E-state index is -0.644. The molecule has 1 saturated heterocycles. The van der Waals surface area contributed by atoms with E-state index in [1.807, 2.05) is 31.4 Å². The first-order chi connectivity index (χ1) is 13.1. The van der Waals surface area contributed by atoms with Gasteiger partial charge in [0.2, 0.25) is 0 Å². The van der Waals surface area contributed by atoms with Crippen LogP contribution in [0, 0.1) is 13.8 Å². The van der Waals surface area contributed by atoms with Crippen LogP contribution in [0.5, 0.6) is 0 Å². The fraction of sp³-hybridized carbons (Fsp3) is 0.400. The smallest absolute Gasteiger partial charge is 0.313 e. The molecule has 0 radical (unpaired) electrons. The molecule has 1 aromatic heterocycles. The van der Waals surface area contributed by atoms with Crippen molar-refractivity contribution >= 4 is 28.8 Å². The summed E-state index contributed by atoms with van der Waals surface area (Å²) in [4.78, 5) is 26.9. The molecule has 0 spiro atoms. The van der Waals surface area contributed by atoms with Crippen molar-refractivity contribution in [3.63, 3.8) is 0 Å². The van der Waals surface area contributed by atoms with Gasteiger partial charge >= 0.3 is 11.8 Å². The average molecular weight is 388 g/mol. The van der Waals surface area contributed by atoms with E-state index in [1.54, 1.807) is 17.4 Å². The van der Waals surface area contributed by atoms with Crippen molar-refractivity contribution in [2.75, 3.05) is 38.2 Å². The second-order valence-corrected chi connectivity index (χ2v) is 7.41. The molecule has 1 aromatic carbocycles. The summed E-state index contributed by atoms with van der Waals surface area (Å²) in [7, 11) is 0. The Hall–Kier alpha value is -2.22. The first-order valence-electron chi connectivity index (χ1n) is 9.05. The Kier molecular flexibility index (Phi) is 6.60. The van der Waals surface area contributed by atoms with Crippen LogP contribution in [0.2, 0.25) is 0 Å². The summed E-state index contributed by atoms with van der Waals surface area (Å²) >= 11 is 1.63. The third kappa shape index (κ3) is 4.94. The second kappa shape index (κ2) is 9.12. The molecule has 144 valence electrons. The van der Waals surface area contributed by atoms with Crippen LogP contribution < -0.4 is 10.6 Å². The summed E-state index contributed by atoms with van der Waals surface area (Å²) in [6, 6.07) is 7.74. The van der Waals surface area contributed by atoms with Crippen LogP contribution in [-0.2, 0) is 14.3 Å². The first kappa shape index (κ1) is 19.5. The van der Waals surface area contributed by atoms with Gasteiger partial charge in [0.05, 0.1) is 19.3 Å². The molecule has 2 heterocycles. The number of nitrogens with one attached hydrogen (secondary N) is 2. The molecule has 1 atom stereocenters. The van der Waals surface area contributed by atoms with Gasteiger partial charge in [-0.3, -0.25) is 14.5 Å². The maximum absolute atomic E-state index is 12.3. The van der Waals surface area contributed by atoms with Gasteiger partial charge in [0, 0.05) is 25.3 Å². The fourth-order valence-electron chi connectivity index (χ4n) is 3.15. The number of thiophene rings is 1. The molecule has 27 heavy (non-hydrogen) atoms. The topological polar surface area (TPSA) is 70.7 Å². The van der Waals surface area contributed by atoms with Crippen LogP contribution in [0.3, 0.4) is 0 Å². The third-order valence-electron chi connectivity index (χ3n) is 4.93. The molecule has 1 aliphatic heterocycles. The van der Waals surface area contributed by atoms with Crippen LogP contribution in [0.1, 0.15) is 22.7 Å². The maximum Gasteiger partial charge on any atom is 0.313 e. The Morgan fingerprint density at radius 1 is 1.19 bits per heavy atom. The van der Waals surface area contributed by atoms with Crippen molar-refractivity contribution < 1.29 is 14.3 Å². The summed E-state index contributed by atoms with van der Waals surface area (Å²) in [6.07, 6.45) is 0. The van der Waals surface area contributed by atoms with Crippen molar-refractivity contribution in [2.24, 2.45) is 0 Å². The zero-order chi connectivity index (χ0) is 19.2. The highest BCUT2D eigenvalue weighted by Crippen LogP contribution is 2.23. The molecule has 7 heteroatoms. The monoisotopic (exact) mass is 387 g/mol. The fourth-order valence-corrected chi connectivity index (χ4v) is 3.85. The standard InChI is InChI=1S/C20H25N3O3S/c1-14-4-3-5-17(15(14)2)22-20(25)19(24)21-12-18(16-6-11-27-13-16)23-7-9-26-10-8-23/h3-6,11,13,18H,7-10,12H2,1-2H3,(H,21,24)(H,22,25). The molecule has 2 amide bonds. The number of rotatable bonds is 5. The Labute approximate surface area is 163 Å². The maximum atomic E-state index is 12.3. The molecule has 0 saturated carbocycles. The predicted molar refractivity (Wildman–Crippen MR) is 107 cm³/mol. The number of amides is 2. The Balaban J connectivity index is 1.61. The zero-order valence-electron chi connectivity index (χ0n) is 15.7. The quantitative estimate of drug-likeness (QED) is 0.774. The number of ether oxygens (including phenoxy) is 1. The third-order valence-corrected chi connectivity index (χ3v) is 5.63. The number of morpholine rings is 1. The van der Waals surface area contributed by atoms with E-state index in [0.29, 0.717) is 25.4 Å². The Bertz CT molecular complexity index is 786. The number of anilines is 1. The van der Waals surface area contributed by atoms with Crippen molar-refractivity contribution in [1.82, 2.24) is 10.2 Å². The van der Waals surface area contributed by atoms with Gasteiger partial charge in [0.15, 0.2) is 0 Å². The van der Waals surface area contributed by atoms with Gasteiger partial charge in [0.25, 0.3) is 0 Å². The van der Waals surface area contributed by atoms with Crippen LogP contribution in [-0.4, -0.2) is 49.6 Å². The van der Waals surface area contributed by atoms with E-state index in [9.17, 15) is 9.59 Å². The molecule has 0 bridgehead atoms. The number of hydrogen-bond acceptors (Lipinski definition) is 5. The zero-order valence-corrected chi connectivity index (χ0v) is 16.5. The van der Waals surface area contributed by atoms with Crippen molar-refractivity contribution in [3.8, 4) is 0 Å². The number of benzene rings is 1. The van der Waals surface area contributed by atoms with E-state index in [4.69, 9.17) is 4.74 Å². The lowest BCUT2D eigenvalue weighted by atomic mass is 10.1. The molecular weight excluding hydrogens is 362 g/mol. The molecule has 1 fully saturated rings. The molecule has 3 rings (SSSR count). The number of carbonyl (C=O) groups is 2.